The van der Waals surface area contributed by atoms with Gasteiger partial charge in [0.15, 0.2) is 0 Å². The SMILES string of the molecule is CC1CCN(S(=O)(=O)c2ccc([N+](=O)[O-])cc2)c2ccccc2N1. The summed E-state index contributed by atoms with van der Waals surface area (Å²) in [6.07, 6.45) is 0.654. The number of nitro groups is 1. The first kappa shape index (κ1) is 16.3. The Morgan fingerprint density at radius 3 is 2.50 bits per heavy atom. The fourth-order valence-corrected chi connectivity index (χ4v) is 4.20. The summed E-state index contributed by atoms with van der Waals surface area (Å²) in [6, 6.07) is 12.3. The van der Waals surface area contributed by atoms with Crippen molar-refractivity contribution < 1.29 is 13.3 Å². The Kier molecular flexibility index (Phi) is 4.15. The molecule has 0 aliphatic carbocycles. The van der Waals surface area contributed by atoms with Gasteiger partial charge >= 0.3 is 0 Å². The van der Waals surface area contributed by atoms with Crippen molar-refractivity contribution in [2.45, 2.75) is 24.3 Å². The molecule has 0 saturated heterocycles. The minimum Gasteiger partial charge on any atom is -0.381 e. The molecule has 2 aromatic rings. The van der Waals surface area contributed by atoms with Crippen LogP contribution in [0.1, 0.15) is 13.3 Å². The molecule has 2 aromatic carbocycles. The second kappa shape index (κ2) is 6.12. The second-order valence-corrected chi connectivity index (χ2v) is 7.54. The fourth-order valence-electron chi connectivity index (χ4n) is 2.70. The maximum Gasteiger partial charge on any atom is 0.269 e. The molecule has 1 N–H and O–H groups in total. The number of benzene rings is 2. The minimum atomic E-state index is -3.79. The molecule has 24 heavy (non-hydrogen) atoms. The Labute approximate surface area is 140 Å². The number of hydrogen-bond donors (Lipinski definition) is 1. The Morgan fingerprint density at radius 1 is 1.17 bits per heavy atom. The van der Waals surface area contributed by atoms with Gasteiger partial charge in [0.25, 0.3) is 15.7 Å². The lowest BCUT2D eigenvalue weighted by Gasteiger charge is -2.24. The summed E-state index contributed by atoms with van der Waals surface area (Å²) in [4.78, 5) is 10.2. The molecule has 3 rings (SSSR count). The number of hydrogen-bond acceptors (Lipinski definition) is 5. The van der Waals surface area contributed by atoms with Gasteiger partial charge in [0.1, 0.15) is 0 Å². The molecule has 0 radical (unpaired) electrons. The first-order valence-electron chi connectivity index (χ1n) is 7.52. The third-order valence-electron chi connectivity index (χ3n) is 3.98. The van der Waals surface area contributed by atoms with Crippen molar-refractivity contribution in [3.63, 3.8) is 0 Å². The van der Waals surface area contributed by atoms with Gasteiger partial charge in [-0.05, 0) is 37.6 Å². The third kappa shape index (κ3) is 2.92. The van der Waals surface area contributed by atoms with E-state index in [1.54, 1.807) is 12.1 Å². The molecular formula is C16H17N3O4S. The maximum absolute atomic E-state index is 13.0. The van der Waals surface area contributed by atoms with Crippen LogP contribution in [-0.2, 0) is 10.0 Å². The van der Waals surface area contributed by atoms with Crippen LogP contribution >= 0.6 is 0 Å². The summed E-state index contributed by atoms with van der Waals surface area (Å²) in [5.41, 5.74) is 1.20. The van der Waals surface area contributed by atoms with Crippen molar-refractivity contribution in [2.75, 3.05) is 16.2 Å². The van der Waals surface area contributed by atoms with Gasteiger partial charge in [0.2, 0.25) is 0 Å². The van der Waals surface area contributed by atoms with Gasteiger partial charge in [-0.1, -0.05) is 12.1 Å². The number of para-hydroxylation sites is 2. The summed E-state index contributed by atoms with van der Waals surface area (Å²) in [5, 5.41) is 14.1. The molecule has 1 heterocycles. The van der Waals surface area contributed by atoms with E-state index in [4.69, 9.17) is 0 Å². The largest absolute Gasteiger partial charge is 0.381 e. The van der Waals surface area contributed by atoms with Crippen LogP contribution in [0.5, 0.6) is 0 Å². The lowest BCUT2D eigenvalue weighted by atomic mass is 10.2. The lowest BCUT2D eigenvalue weighted by molar-refractivity contribution is -0.384. The van der Waals surface area contributed by atoms with Gasteiger partial charge in [0, 0.05) is 24.7 Å². The highest BCUT2D eigenvalue weighted by Gasteiger charge is 2.29. The van der Waals surface area contributed by atoms with E-state index in [0.29, 0.717) is 18.7 Å². The van der Waals surface area contributed by atoms with E-state index in [-0.39, 0.29) is 16.6 Å². The van der Waals surface area contributed by atoms with Crippen LogP contribution in [0.2, 0.25) is 0 Å². The first-order chi connectivity index (χ1) is 11.4. The molecule has 0 fully saturated rings. The number of sulfonamides is 1. The molecule has 0 spiro atoms. The predicted molar refractivity (Wildman–Crippen MR) is 91.8 cm³/mol. The van der Waals surface area contributed by atoms with Crippen LogP contribution < -0.4 is 9.62 Å². The molecule has 1 aliphatic rings. The Bertz CT molecular complexity index is 865. The van der Waals surface area contributed by atoms with Crippen molar-refractivity contribution in [3.05, 3.63) is 58.6 Å². The zero-order valence-electron chi connectivity index (χ0n) is 13.0. The average Bonchev–Trinajstić information content (AvgIpc) is 2.73. The van der Waals surface area contributed by atoms with E-state index in [1.165, 1.54) is 28.6 Å². The summed E-state index contributed by atoms with van der Waals surface area (Å²) in [5.74, 6) is 0. The Morgan fingerprint density at radius 2 is 1.83 bits per heavy atom. The average molecular weight is 347 g/mol. The monoisotopic (exact) mass is 347 g/mol. The van der Waals surface area contributed by atoms with Crippen LogP contribution in [0.4, 0.5) is 17.1 Å². The third-order valence-corrected chi connectivity index (χ3v) is 5.80. The van der Waals surface area contributed by atoms with E-state index < -0.39 is 14.9 Å². The van der Waals surface area contributed by atoms with Crippen molar-refractivity contribution in [3.8, 4) is 0 Å². The molecule has 7 nitrogen and oxygen atoms in total. The number of rotatable bonds is 3. The van der Waals surface area contributed by atoms with Gasteiger partial charge in [-0.25, -0.2) is 8.42 Å². The smallest absolute Gasteiger partial charge is 0.269 e. The molecule has 0 bridgehead atoms. The number of fused-ring (bicyclic) bond motifs is 1. The Hall–Kier alpha value is -2.61. The minimum absolute atomic E-state index is 0.0393. The van der Waals surface area contributed by atoms with Gasteiger partial charge < -0.3 is 5.32 Å². The van der Waals surface area contributed by atoms with E-state index in [0.717, 1.165) is 5.69 Å². The molecule has 0 aromatic heterocycles. The van der Waals surface area contributed by atoms with Crippen LogP contribution in [-0.4, -0.2) is 25.9 Å². The summed E-state index contributed by atoms with van der Waals surface area (Å²) >= 11 is 0. The van der Waals surface area contributed by atoms with Crippen molar-refractivity contribution in [1.82, 2.24) is 0 Å². The van der Waals surface area contributed by atoms with Crippen molar-refractivity contribution >= 4 is 27.1 Å². The molecule has 8 heteroatoms. The first-order valence-corrected chi connectivity index (χ1v) is 8.96. The Balaban J connectivity index is 2.04. The molecule has 126 valence electrons. The number of nitrogens with zero attached hydrogens (tertiary/aromatic N) is 2. The number of anilines is 2. The number of non-ortho nitro benzene ring substituents is 1. The molecule has 0 saturated carbocycles. The molecule has 1 aliphatic heterocycles. The van der Waals surface area contributed by atoms with Gasteiger partial charge in [-0.3, -0.25) is 14.4 Å². The number of nitro benzene ring substituents is 1. The highest BCUT2D eigenvalue weighted by atomic mass is 32.2. The molecular weight excluding hydrogens is 330 g/mol. The second-order valence-electron chi connectivity index (χ2n) is 5.68. The summed E-state index contributed by atoms with van der Waals surface area (Å²) in [6.45, 7) is 2.34. The van der Waals surface area contributed by atoms with Gasteiger partial charge in [0.05, 0.1) is 21.2 Å². The normalized spacial score (nSPS) is 17.5. The number of nitrogens with one attached hydrogen (secondary N) is 1. The quantitative estimate of drug-likeness (QED) is 0.680. The van der Waals surface area contributed by atoms with Crippen molar-refractivity contribution in [1.29, 1.82) is 0 Å². The van der Waals surface area contributed by atoms with Gasteiger partial charge in [-0.15, -0.1) is 0 Å². The zero-order chi connectivity index (χ0) is 17.3. The van der Waals surface area contributed by atoms with Crippen LogP contribution in [0, 0.1) is 10.1 Å². The highest BCUT2D eigenvalue weighted by molar-refractivity contribution is 7.92. The molecule has 0 amide bonds. The maximum atomic E-state index is 13.0. The predicted octanol–water partition coefficient (Wildman–Crippen LogP) is 2.99. The van der Waals surface area contributed by atoms with Crippen molar-refractivity contribution in [2.24, 2.45) is 0 Å². The highest BCUT2D eigenvalue weighted by Crippen LogP contribution is 2.34. The zero-order valence-corrected chi connectivity index (χ0v) is 13.9. The lowest BCUT2D eigenvalue weighted by Crippen LogP contribution is -2.32. The van der Waals surface area contributed by atoms with E-state index in [2.05, 4.69) is 5.32 Å². The van der Waals surface area contributed by atoms with E-state index in [1.807, 2.05) is 19.1 Å². The molecule has 1 atom stereocenters. The van der Waals surface area contributed by atoms with Crippen LogP contribution in [0.25, 0.3) is 0 Å². The topological polar surface area (TPSA) is 92.5 Å². The standard InChI is InChI=1S/C16H17N3O4S/c1-12-10-11-18(16-5-3-2-4-15(16)17-12)24(22,23)14-8-6-13(7-9-14)19(20)21/h2-9,12,17H,10-11H2,1H3. The van der Waals surface area contributed by atoms with E-state index >= 15 is 0 Å². The van der Waals surface area contributed by atoms with E-state index in [9.17, 15) is 18.5 Å². The van der Waals surface area contributed by atoms with Crippen LogP contribution in [0.15, 0.2) is 53.4 Å². The fraction of sp³-hybridized carbons (Fsp3) is 0.250. The van der Waals surface area contributed by atoms with Gasteiger partial charge in [-0.2, -0.15) is 0 Å². The van der Waals surface area contributed by atoms with Crippen LogP contribution in [0.3, 0.4) is 0 Å². The summed E-state index contributed by atoms with van der Waals surface area (Å²) in [7, 11) is -3.79. The summed E-state index contributed by atoms with van der Waals surface area (Å²) < 4.78 is 27.4. The molecule has 1 unspecified atom stereocenters.